The van der Waals surface area contributed by atoms with Crippen LogP contribution in [0.25, 0.3) is 0 Å². The highest BCUT2D eigenvalue weighted by atomic mass is 16.5. The van der Waals surface area contributed by atoms with Gasteiger partial charge in [0.05, 0.1) is 12.5 Å². The Morgan fingerprint density at radius 1 is 1.33 bits per heavy atom. The zero-order valence-corrected chi connectivity index (χ0v) is 8.27. The average Bonchev–Trinajstić information content (AvgIpc) is 2.03. The summed E-state index contributed by atoms with van der Waals surface area (Å²) in [7, 11) is 0. The van der Waals surface area contributed by atoms with Gasteiger partial charge < -0.3 is 4.74 Å². The van der Waals surface area contributed by atoms with Crippen LogP contribution in [0, 0.1) is 0 Å². The molecule has 66 valence electrons. The van der Waals surface area contributed by atoms with Gasteiger partial charge in [0.25, 0.3) is 0 Å². The first-order chi connectivity index (χ1) is 5.66. The van der Waals surface area contributed by atoms with Gasteiger partial charge >= 0.3 is 0 Å². The molecule has 1 nitrogen and oxygen atoms in total. The van der Waals surface area contributed by atoms with E-state index in [-0.39, 0.29) is 0 Å². The predicted octanol–water partition coefficient (Wildman–Crippen LogP) is 3.55. The lowest BCUT2D eigenvalue weighted by Gasteiger charge is -2.17. The van der Waals surface area contributed by atoms with Crippen molar-refractivity contribution in [2.75, 3.05) is 0 Å². The van der Waals surface area contributed by atoms with Crippen LogP contribution in [-0.2, 0) is 4.74 Å². The molecule has 1 aliphatic heterocycles. The lowest BCUT2D eigenvalue weighted by Crippen LogP contribution is -1.99. The molecular formula is C11H16O. The van der Waals surface area contributed by atoms with Gasteiger partial charge in [-0.15, -0.1) is 0 Å². The molecule has 0 atom stereocenters. The first-order valence-corrected chi connectivity index (χ1v) is 4.36. The molecule has 0 saturated heterocycles. The summed E-state index contributed by atoms with van der Waals surface area (Å²) >= 11 is 0. The van der Waals surface area contributed by atoms with Crippen molar-refractivity contribution in [1.82, 2.24) is 0 Å². The first-order valence-electron chi connectivity index (χ1n) is 4.36. The van der Waals surface area contributed by atoms with Gasteiger partial charge in [-0.1, -0.05) is 12.5 Å². The van der Waals surface area contributed by atoms with Crippen molar-refractivity contribution < 1.29 is 4.74 Å². The molecule has 0 fully saturated rings. The molecule has 0 N–H and O–H groups in total. The zero-order valence-electron chi connectivity index (χ0n) is 8.27. The maximum atomic E-state index is 5.21. The van der Waals surface area contributed by atoms with Gasteiger partial charge in [0.15, 0.2) is 0 Å². The van der Waals surface area contributed by atoms with E-state index in [1.807, 2.05) is 12.5 Å². The summed E-state index contributed by atoms with van der Waals surface area (Å²) in [6.45, 7) is 8.52. The Hall–Kier alpha value is -0.980. The van der Waals surface area contributed by atoms with Crippen molar-refractivity contribution in [2.24, 2.45) is 0 Å². The molecule has 0 unspecified atom stereocenters. The van der Waals surface area contributed by atoms with E-state index in [1.165, 1.54) is 22.3 Å². The molecule has 0 aromatic heterocycles. The third kappa shape index (κ3) is 1.60. The fraction of sp³-hybridized carbons (Fsp3) is 0.455. The second kappa shape index (κ2) is 3.61. The van der Waals surface area contributed by atoms with E-state index >= 15 is 0 Å². The normalized spacial score (nSPS) is 16.5. The standard InChI is InChI=1S/C11H16O/c1-5-10-7-12-6-9(4)11(10)8(2)3/h6-7H,5H2,1-4H3. The Morgan fingerprint density at radius 2 is 2.00 bits per heavy atom. The largest absolute Gasteiger partial charge is 0.472 e. The van der Waals surface area contributed by atoms with E-state index in [1.54, 1.807) is 0 Å². The minimum atomic E-state index is 1.03. The van der Waals surface area contributed by atoms with Crippen molar-refractivity contribution in [3.05, 3.63) is 34.8 Å². The second-order valence-electron chi connectivity index (χ2n) is 3.31. The zero-order chi connectivity index (χ0) is 9.14. The van der Waals surface area contributed by atoms with Crippen LogP contribution in [0.1, 0.15) is 34.1 Å². The van der Waals surface area contributed by atoms with E-state index < -0.39 is 0 Å². The Kier molecular flexibility index (Phi) is 2.74. The second-order valence-corrected chi connectivity index (χ2v) is 3.31. The maximum absolute atomic E-state index is 5.21. The van der Waals surface area contributed by atoms with Crippen LogP contribution in [0.5, 0.6) is 0 Å². The summed E-state index contributed by atoms with van der Waals surface area (Å²) in [5.41, 5.74) is 5.26. The van der Waals surface area contributed by atoms with Crippen molar-refractivity contribution in [2.45, 2.75) is 34.1 Å². The highest BCUT2D eigenvalue weighted by molar-refractivity contribution is 5.48. The lowest BCUT2D eigenvalue weighted by atomic mass is 9.94. The molecule has 0 radical (unpaired) electrons. The Balaban J connectivity index is 3.07. The third-order valence-electron chi connectivity index (χ3n) is 2.05. The minimum absolute atomic E-state index is 1.03. The molecule has 1 heterocycles. The highest BCUT2D eigenvalue weighted by Crippen LogP contribution is 2.28. The molecule has 0 bridgehead atoms. The van der Waals surface area contributed by atoms with Crippen LogP contribution in [-0.4, -0.2) is 0 Å². The lowest BCUT2D eigenvalue weighted by molar-refractivity contribution is 0.387. The third-order valence-corrected chi connectivity index (χ3v) is 2.05. The molecule has 0 saturated carbocycles. The van der Waals surface area contributed by atoms with Crippen LogP contribution in [0.4, 0.5) is 0 Å². The first kappa shape index (κ1) is 9.11. The molecule has 12 heavy (non-hydrogen) atoms. The summed E-state index contributed by atoms with van der Waals surface area (Å²) in [6.07, 6.45) is 4.68. The van der Waals surface area contributed by atoms with Crippen LogP contribution in [0.3, 0.4) is 0 Å². The quantitative estimate of drug-likeness (QED) is 0.576. The number of hydrogen-bond donors (Lipinski definition) is 0. The molecule has 0 spiro atoms. The predicted molar refractivity (Wildman–Crippen MR) is 51.6 cm³/mol. The molecule has 0 aromatic rings. The van der Waals surface area contributed by atoms with Gasteiger partial charge in [-0.2, -0.15) is 0 Å². The monoisotopic (exact) mass is 164 g/mol. The number of rotatable bonds is 1. The number of allylic oxidation sites excluding steroid dienone is 4. The average molecular weight is 164 g/mol. The van der Waals surface area contributed by atoms with Gasteiger partial charge in [-0.05, 0) is 43.9 Å². The van der Waals surface area contributed by atoms with Gasteiger partial charge in [0.1, 0.15) is 0 Å². The molecule has 0 amide bonds. The molecule has 1 aliphatic rings. The van der Waals surface area contributed by atoms with E-state index in [0.717, 1.165) is 6.42 Å². The molecule has 0 aliphatic carbocycles. The Morgan fingerprint density at radius 3 is 2.42 bits per heavy atom. The van der Waals surface area contributed by atoms with Crippen LogP contribution < -0.4 is 0 Å². The molecule has 0 aromatic carbocycles. The number of hydrogen-bond acceptors (Lipinski definition) is 1. The molecule has 1 heteroatoms. The van der Waals surface area contributed by atoms with Crippen molar-refractivity contribution in [3.8, 4) is 0 Å². The smallest absolute Gasteiger partial charge is 0.0939 e. The summed E-state index contributed by atoms with van der Waals surface area (Å²) in [4.78, 5) is 0. The molecular weight excluding hydrogens is 148 g/mol. The summed E-state index contributed by atoms with van der Waals surface area (Å²) in [6, 6.07) is 0. The Bertz CT molecular complexity index is 263. The highest BCUT2D eigenvalue weighted by Gasteiger charge is 2.11. The summed E-state index contributed by atoms with van der Waals surface area (Å²) < 4.78 is 5.21. The summed E-state index contributed by atoms with van der Waals surface area (Å²) in [5.74, 6) is 0. The van der Waals surface area contributed by atoms with E-state index in [9.17, 15) is 0 Å². The van der Waals surface area contributed by atoms with Crippen LogP contribution >= 0.6 is 0 Å². The van der Waals surface area contributed by atoms with Crippen LogP contribution in [0.15, 0.2) is 34.8 Å². The Labute approximate surface area is 74.4 Å². The number of ether oxygens (including phenoxy) is 1. The van der Waals surface area contributed by atoms with Crippen molar-refractivity contribution in [3.63, 3.8) is 0 Å². The minimum Gasteiger partial charge on any atom is -0.472 e. The fourth-order valence-corrected chi connectivity index (χ4v) is 1.56. The summed E-state index contributed by atoms with van der Waals surface area (Å²) in [5, 5.41) is 0. The van der Waals surface area contributed by atoms with Gasteiger partial charge in [-0.3, -0.25) is 0 Å². The van der Waals surface area contributed by atoms with Crippen molar-refractivity contribution in [1.29, 1.82) is 0 Å². The van der Waals surface area contributed by atoms with Crippen LogP contribution in [0.2, 0.25) is 0 Å². The van der Waals surface area contributed by atoms with E-state index in [2.05, 4.69) is 27.7 Å². The fourth-order valence-electron chi connectivity index (χ4n) is 1.56. The topological polar surface area (TPSA) is 9.23 Å². The molecule has 1 rings (SSSR count). The van der Waals surface area contributed by atoms with E-state index in [4.69, 9.17) is 4.74 Å². The van der Waals surface area contributed by atoms with E-state index in [0.29, 0.717) is 0 Å². The van der Waals surface area contributed by atoms with Gasteiger partial charge in [-0.25, -0.2) is 0 Å². The SMILES string of the molecule is CCC1=COC=C(C)C1=C(C)C. The van der Waals surface area contributed by atoms with Crippen molar-refractivity contribution >= 4 is 0 Å². The van der Waals surface area contributed by atoms with Gasteiger partial charge in [0, 0.05) is 0 Å². The van der Waals surface area contributed by atoms with Gasteiger partial charge in [0.2, 0.25) is 0 Å². The maximum Gasteiger partial charge on any atom is 0.0939 e.